The molecule has 0 aliphatic carbocycles. The van der Waals surface area contributed by atoms with E-state index in [9.17, 15) is 9.18 Å². The average Bonchev–Trinajstić information content (AvgIpc) is 2.33. The first kappa shape index (κ1) is 12.5. The highest BCUT2D eigenvalue weighted by molar-refractivity contribution is 6.29. The lowest BCUT2D eigenvalue weighted by atomic mass is 10.2. The van der Waals surface area contributed by atoms with E-state index in [2.05, 4.69) is 10.3 Å². The van der Waals surface area contributed by atoms with Crippen molar-refractivity contribution in [2.45, 2.75) is 6.92 Å². The topological polar surface area (TPSA) is 42.0 Å². The fraction of sp³-hybridized carbons (Fsp3) is 0.0769. The predicted molar refractivity (Wildman–Crippen MR) is 68.3 cm³/mol. The molecule has 0 radical (unpaired) electrons. The van der Waals surface area contributed by atoms with E-state index in [1.807, 2.05) is 0 Å². The van der Waals surface area contributed by atoms with Crippen LogP contribution in [0, 0.1) is 12.7 Å². The van der Waals surface area contributed by atoms with Crippen LogP contribution < -0.4 is 5.32 Å². The number of nitrogens with zero attached hydrogens (tertiary/aromatic N) is 1. The summed E-state index contributed by atoms with van der Waals surface area (Å²) in [7, 11) is 0. The van der Waals surface area contributed by atoms with Crippen molar-refractivity contribution in [1.82, 2.24) is 4.98 Å². The van der Waals surface area contributed by atoms with E-state index >= 15 is 0 Å². The zero-order chi connectivity index (χ0) is 13.1. The zero-order valence-electron chi connectivity index (χ0n) is 9.58. The van der Waals surface area contributed by atoms with Crippen molar-refractivity contribution in [1.29, 1.82) is 0 Å². The van der Waals surface area contributed by atoms with Crippen LogP contribution in [-0.2, 0) is 0 Å². The minimum atomic E-state index is -0.379. The maximum Gasteiger partial charge on any atom is 0.255 e. The lowest BCUT2D eigenvalue weighted by Crippen LogP contribution is -2.13. The Labute approximate surface area is 109 Å². The smallest absolute Gasteiger partial charge is 0.255 e. The van der Waals surface area contributed by atoms with Crippen molar-refractivity contribution in [2.75, 3.05) is 5.32 Å². The van der Waals surface area contributed by atoms with Gasteiger partial charge in [0.05, 0.1) is 11.4 Å². The van der Waals surface area contributed by atoms with E-state index in [4.69, 9.17) is 11.6 Å². The first-order chi connectivity index (χ1) is 8.56. The molecular weight excluding hydrogens is 255 g/mol. The largest absolute Gasteiger partial charge is 0.320 e. The van der Waals surface area contributed by atoms with Gasteiger partial charge in [-0.1, -0.05) is 11.6 Å². The molecular formula is C13H10ClFN2O. The molecule has 0 saturated heterocycles. The Morgan fingerprint density at radius 3 is 2.50 bits per heavy atom. The van der Waals surface area contributed by atoms with Crippen LogP contribution in [0.2, 0.25) is 5.15 Å². The van der Waals surface area contributed by atoms with Crippen LogP contribution in [0.4, 0.5) is 10.1 Å². The molecule has 3 nitrogen and oxygen atoms in total. The third-order valence-corrected chi connectivity index (χ3v) is 2.62. The van der Waals surface area contributed by atoms with Gasteiger partial charge in [-0.25, -0.2) is 9.37 Å². The number of carbonyl (C=O) groups is 1. The van der Waals surface area contributed by atoms with Gasteiger partial charge in [0, 0.05) is 5.56 Å². The Hall–Kier alpha value is -1.94. The summed E-state index contributed by atoms with van der Waals surface area (Å²) in [5.41, 5.74) is 1.58. The number of hydrogen-bond donors (Lipinski definition) is 1. The van der Waals surface area contributed by atoms with Gasteiger partial charge < -0.3 is 5.32 Å². The summed E-state index contributed by atoms with van der Waals surface area (Å²) in [4.78, 5) is 15.9. The Kier molecular flexibility index (Phi) is 3.58. The van der Waals surface area contributed by atoms with Crippen LogP contribution in [0.15, 0.2) is 36.4 Å². The monoisotopic (exact) mass is 264 g/mol. The first-order valence-electron chi connectivity index (χ1n) is 5.26. The molecule has 1 N–H and O–H groups in total. The van der Waals surface area contributed by atoms with Crippen LogP contribution in [0.5, 0.6) is 0 Å². The summed E-state index contributed by atoms with van der Waals surface area (Å²) in [6.45, 7) is 1.74. The molecule has 0 aliphatic rings. The fourth-order valence-corrected chi connectivity index (χ4v) is 1.65. The lowest BCUT2D eigenvalue weighted by molar-refractivity contribution is 0.102. The van der Waals surface area contributed by atoms with Crippen molar-refractivity contribution in [3.05, 3.63) is 58.6 Å². The molecule has 0 saturated carbocycles. The van der Waals surface area contributed by atoms with Crippen molar-refractivity contribution in [3.8, 4) is 0 Å². The van der Waals surface area contributed by atoms with Gasteiger partial charge in [0.1, 0.15) is 11.0 Å². The van der Waals surface area contributed by atoms with Gasteiger partial charge in [0.2, 0.25) is 0 Å². The number of rotatable bonds is 2. The molecule has 0 spiro atoms. The van der Waals surface area contributed by atoms with Gasteiger partial charge >= 0.3 is 0 Å². The van der Waals surface area contributed by atoms with Crippen LogP contribution in [0.1, 0.15) is 16.1 Å². The number of aromatic nitrogens is 1. The highest BCUT2D eigenvalue weighted by Gasteiger charge is 2.08. The van der Waals surface area contributed by atoms with Gasteiger partial charge in [-0.3, -0.25) is 4.79 Å². The molecule has 2 aromatic rings. The minimum absolute atomic E-state index is 0.317. The number of carbonyl (C=O) groups excluding carboxylic acids is 1. The van der Waals surface area contributed by atoms with E-state index in [0.717, 1.165) is 0 Å². The lowest BCUT2D eigenvalue weighted by Gasteiger charge is -2.07. The molecule has 0 unspecified atom stereocenters. The molecule has 0 atom stereocenters. The number of nitrogens with one attached hydrogen (secondary N) is 1. The average molecular weight is 265 g/mol. The van der Waals surface area contributed by atoms with Gasteiger partial charge in [-0.15, -0.1) is 0 Å². The van der Waals surface area contributed by atoms with Gasteiger partial charge in [0.25, 0.3) is 5.91 Å². The van der Waals surface area contributed by atoms with Crippen molar-refractivity contribution in [3.63, 3.8) is 0 Å². The van der Waals surface area contributed by atoms with E-state index < -0.39 is 0 Å². The summed E-state index contributed by atoms with van der Waals surface area (Å²) in [6.07, 6.45) is 0. The number of amides is 1. The molecule has 1 aromatic heterocycles. The van der Waals surface area contributed by atoms with Crippen molar-refractivity contribution in [2.24, 2.45) is 0 Å². The second-order valence-corrected chi connectivity index (χ2v) is 4.12. The predicted octanol–water partition coefficient (Wildman–Crippen LogP) is 3.43. The SMILES string of the molecule is Cc1nc(Cl)ccc1NC(=O)c1ccc(F)cc1. The molecule has 2 rings (SSSR count). The van der Waals surface area contributed by atoms with E-state index in [-0.39, 0.29) is 11.7 Å². The quantitative estimate of drug-likeness (QED) is 0.845. The number of anilines is 1. The molecule has 92 valence electrons. The first-order valence-corrected chi connectivity index (χ1v) is 5.64. The summed E-state index contributed by atoms with van der Waals surface area (Å²) in [5.74, 6) is -0.696. The molecule has 0 fully saturated rings. The van der Waals surface area contributed by atoms with Crippen molar-refractivity contribution >= 4 is 23.2 Å². The number of benzene rings is 1. The molecule has 18 heavy (non-hydrogen) atoms. The van der Waals surface area contributed by atoms with Gasteiger partial charge in [0.15, 0.2) is 0 Å². The summed E-state index contributed by atoms with van der Waals surface area (Å²) < 4.78 is 12.7. The highest BCUT2D eigenvalue weighted by Crippen LogP contribution is 2.16. The summed E-state index contributed by atoms with van der Waals surface area (Å²) in [6, 6.07) is 8.58. The van der Waals surface area contributed by atoms with Crippen LogP contribution >= 0.6 is 11.6 Å². The second kappa shape index (κ2) is 5.14. The third kappa shape index (κ3) is 2.84. The van der Waals surface area contributed by atoms with Gasteiger partial charge in [-0.05, 0) is 43.3 Å². The van der Waals surface area contributed by atoms with Crippen LogP contribution in [0.3, 0.4) is 0 Å². The number of hydrogen-bond acceptors (Lipinski definition) is 2. The third-order valence-electron chi connectivity index (χ3n) is 2.41. The molecule has 1 amide bonds. The maximum atomic E-state index is 12.7. The Bertz CT molecular complexity index is 584. The van der Waals surface area contributed by atoms with Crippen molar-refractivity contribution < 1.29 is 9.18 Å². The zero-order valence-corrected chi connectivity index (χ0v) is 10.3. The van der Waals surface area contributed by atoms with Crippen LogP contribution in [-0.4, -0.2) is 10.9 Å². The Morgan fingerprint density at radius 1 is 1.22 bits per heavy atom. The Balaban J connectivity index is 2.18. The summed E-state index contributed by atoms with van der Waals surface area (Å²) in [5, 5.41) is 3.06. The fourth-order valence-electron chi connectivity index (χ4n) is 1.46. The molecule has 0 aliphatic heterocycles. The van der Waals surface area contributed by atoms with Gasteiger partial charge in [-0.2, -0.15) is 0 Å². The molecule has 0 bridgehead atoms. The highest BCUT2D eigenvalue weighted by atomic mass is 35.5. The maximum absolute atomic E-state index is 12.7. The Morgan fingerprint density at radius 2 is 1.89 bits per heavy atom. The van der Waals surface area contributed by atoms with E-state index in [1.54, 1.807) is 19.1 Å². The summed E-state index contributed by atoms with van der Waals surface area (Å²) >= 11 is 5.72. The second-order valence-electron chi connectivity index (χ2n) is 3.73. The van der Waals surface area contributed by atoms with Crippen LogP contribution in [0.25, 0.3) is 0 Å². The standard InChI is InChI=1S/C13H10ClFN2O/c1-8-11(6-7-12(14)16-8)17-13(18)9-2-4-10(15)5-3-9/h2-7H,1H3,(H,17,18). The molecule has 1 heterocycles. The van der Waals surface area contributed by atoms with E-state index in [1.165, 1.54) is 24.3 Å². The number of pyridine rings is 1. The number of aryl methyl sites for hydroxylation is 1. The normalized spacial score (nSPS) is 10.2. The minimum Gasteiger partial charge on any atom is -0.320 e. The molecule has 5 heteroatoms. The molecule has 1 aromatic carbocycles. The number of halogens is 2. The van der Waals surface area contributed by atoms with E-state index in [0.29, 0.717) is 22.1 Å².